The van der Waals surface area contributed by atoms with E-state index >= 15 is 0 Å². The Morgan fingerprint density at radius 2 is 1.86 bits per heavy atom. The van der Waals surface area contributed by atoms with E-state index in [0.717, 1.165) is 5.30 Å². The zero-order valence-electron chi connectivity index (χ0n) is 13.6. The van der Waals surface area contributed by atoms with Crippen LogP contribution in [0, 0.1) is 5.92 Å². The molecule has 1 aliphatic heterocycles. The van der Waals surface area contributed by atoms with Gasteiger partial charge in [-0.3, -0.25) is 0 Å². The van der Waals surface area contributed by atoms with Gasteiger partial charge in [0.05, 0.1) is 0 Å². The van der Waals surface area contributed by atoms with Crippen molar-refractivity contribution in [1.82, 2.24) is 4.67 Å². The molecule has 0 saturated carbocycles. The van der Waals surface area contributed by atoms with E-state index in [2.05, 4.69) is 0 Å². The third-order valence-electron chi connectivity index (χ3n) is 3.07. The molecule has 0 radical (unpaired) electrons. The molecule has 0 N–H and O–H groups in total. The molecule has 6 heteroatoms. The summed E-state index contributed by atoms with van der Waals surface area (Å²) in [6, 6.07) is 8.72. The molecule has 1 aliphatic rings. The van der Waals surface area contributed by atoms with Gasteiger partial charge < -0.3 is 9.26 Å². The molecule has 0 spiro atoms. The van der Waals surface area contributed by atoms with E-state index in [1.54, 1.807) is 20.8 Å². The minimum Gasteiger partial charge on any atom is -0.443 e. The maximum absolute atomic E-state index is 12.6. The number of nitrogens with zero attached hydrogens (tertiary/aromatic N) is 1. The van der Waals surface area contributed by atoms with Crippen molar-refractivity contribution in [3.63, 3.8) is 0 Å². The predicted octanol–water partition coefficient (Wildman–Crippen LogP) is 3.44. The van der Waals surface area contributed by atoms with Crippen LogP contribution in [0.3, 0.4) is 0 Å². The zero-order chi connectivity index (χ0) is 16.5. The van der Waals surface area contributed by atoms with Crippen molar-refractivity contribution < 1.29 is 18.8 Å². The number of hydrogen-bond donors (Lipinski definition) is 0. The highest BCUT2D eigenvalue weighted by Crippen LogP contribution is 2.50. The van der Waals surface area contributed by atoms with Crippen molar-refractivity contribution in [3.8, 4) is 0 Å². The second-order valence-electron chi connectivity index (χ2n) is 6.53. The van der Waals surface area contributed by atoms with E-state index in [0.29, 0.717) is 0 Å². The smallest absolute Gasteiger partial charge is 0.417 e. The van der Waals surface area contributed by atoms with Crippen molar-refractivity contribution in [1.29, 1.82) is 0 Å². The Balaban J connectivity index is 2.36. The molecule has 1 aromatic carbocycles. The molecule has 1 fully saturated rings. The molecule has 0 aromatic heterocycles. The summed E-state index contributed by atoms with van der Waals surface area (Å²) >= 11 is 0. The maximum Gasteiger partial charge on any atom is 0.417 e. The third-order valence-corrected chi connectivity index (χ3v) is 4.96. The Bertz CT molecular complexity index is 553. The highest BCUT2D eigenvalue weighted by Gasteiger charge is 2.49. The number of carbonyl (C=O) groups excluding carboxylic acids is 2. The normalized spacial score (nSPS) is 21.9. The van der Waals surface area contributed by atoms with Crippen LogP contribution >= 0.6 is 8.30 Å². The van der Waals surface area contributed by atoms with Crippen molar-refractivity contribution in [2.24, 2.45) is 5.92 Å². The molecular formula is C16H22NO4P. The highest BCUT2D eigenvalue weighted by atomic mass is 31.2. The first kappa shape index (κ1) is 16.8. The summed E-state index contributed by atoms with van der Waals surface area (Å²) in [4.78, 5) is 24.8. The number of amides is 1. The standard InChI is InChI=1S/C16H22NO4P/c1-11(2)13-14(18)21-22(12-9-7-6-8-10-12)17(13)15(19)20-16(3,4)5/h6-11,13H,1-5H3/t13-,22+/m0/s1. The maximum atomic E-state index is 12.6. The van der Waals surface area contributed by atoms with Crippen LogP contribution in [0.2, 0.25) is 0 Å². The molecule has 1 amide bonds. The first-order valence-electron chi connectivity index (χ1n) is 7.30. The summed E-state index contributed by atoms with van der Waals surface area (Å²) in [5.74, 6) is -0.410. The lowest BCUT2D eigenvalue weighted by Gasteiger charge is -2.30. The summed E-state index contributed by atoms with van der Waals surface area (Å²) in [7, 11) is -1.50. The van der Waals surface area contributed by atoms with Gasteiger partial charge >= 0.3 is 12.1 Å². The molecule has 2 atom stereocenters. The SMILES string of the molecule is CC(C)[C@H]1C(=O)O[P@](c2ccccc2)N1C(=O)OC(C)(C)C. The second-order valence-corrected chi connectivity index (χ2v) is 8.21. The number of rotatable bonds is 2. The van der Waals surface area contributed by atoms with E-state index in [1.165, 1.54) is 4.67 Å². The van der Waals surface area contributed by atoms with Crippen molar-refractivity contribution in [2.75, 3.05) is 0 Å². The van der Waals surface area contributed by atoms with Gasteiger partial charge in [-0.05, 0) is 38.8 Å². The van der Waals surface area contributed by atoms with Crippen LogP contribution < -0.4 is 5.30 Å². The Hall–Kier alpha value is -1.61. The quantitative estimate of drug-likeness (QED) is 0.782. The van der Waals surface area contributed by atoms with Gasteiger partial charge in [-0.2, -0.15) is 0 Å². The van der Waals surface area contributed by atoms with Crippen LogP contribution in [-0.4, -0.2) is 28.4 Å². The van der Waals surface area contributed by atoms with Gasteiger partial charge in [0, 0.05) is 5.30 Å². The topological polar surface area (TPSA) is 55.8 Å². The van der Waals surface area contributed by atoms with Gasteiger partial charge in [-0.15, -0.1) is 0 Å². The first-order valence-corrected chi connectivity index (χ1v) is 8.51. The fraction of sp³-hybridized carbons (Fsp3) is 0.500. The number of ether oxygens (including phenoxy) is 1. The Labute approximate surface area is 132 Å². The Morgan fingerprint density at radius 1 is 1.27 bits per heavy atom. The molecule has 0 unspecified atom stereocenters. The lowest BCUT2D eigenvalue weighted by atomic mass is 10.1. The van der Waals surface area contributed by atoms with Crippen LogP contribution in [-0.2, 0) is 14.1 Å². The molecule has 2 rings (SSSR count). The van der Waals surface area contributed by atoms with Gasteiger partial charge in [0.15, 0.2) is 0 Å². The largest absolute Gasteiger partial charge is 0.443 e. The van der Waals surface area contributed by atoms with Crippen LogP contribution in [0.4, 0.5) is 4.79 Å². The number of carbonyl (C=O) groups is 2. The molecule has 0 aliphatic carbocycles. The molecule has 1 saturated heterocycles. The van der Waals surface area contributed by atoms with Crippen molar-refractivity contribution in [3.05, 3.63) is 30.3 Å². The minimum absolute atomic E-state index is 0.0452. The molecule has 1 heterocycles. The van der Waals surface area contributed by atoms with E-state index in [9.17, 15) is 9.59 Å². The van der Waals surface area contributed by atoms with Gasteiger partial charge in [0.1, 0.15) is 11.6 Å². The van der Waals surface area contributed by atoms with Crippen molar-refractivity contribution >= 4 is 25.7 Å². The lowest BCUT2D eigenvalue weighted by Crippen LogP contribution is -2.42. The van der Waals surface area contributed by atoms with E-state index in [1.807, 2.05) is 44.2 Å². The van der Waals surface area contributed by atoms with Crippen LogP contribution in [0.5, 0.6) is 0 Å². The minimum atomic E-state index is -1.50. The molecule has 5 nitrogen and oxygen atoms in total. The van der Waals surface area contributed by atoms with Crippen LogP contribution in [0.25, 0.3) is 0 Å². The van der Waals surface area contributed by atoms with Gasteiger partial charge in [0.2, 0.25) is 8.30 Å². The molecule has 1 aromatic rings. The molecule has 120 valence electrons. The average Bonchev–Trinajstić information content (AvgIpc) is 2.75. The Morgan fingerprint density at radius 3 is 2.36 bits per heavy atom. The highest BCUT2D eigenvalue weighted by molar-refractivity contribution is 7.60. The Kier molecular flexibility index (Phi) is 4.76. The van der Waals surface area contributed by atoms with Gasteiger partial charge in [-0.25, -0.2) is 14.3 Å². The van der Waals surface area contributed by atoms with E-state index < -0.39 is 26.0 Å². The van der Waals surface area contributed by atoms with E-state index in [-0.39, 0.29) is 11.9 Å². The second kappa shape index (κ2) is 6.25. The summed E-state index contributed by atoms with van der Waals surface area (Å²) in [5.41, 5.74) is -0.623. The average molecular weight is 323 g/mol. The summed E-state index contributed by atoms with van der Waals surface area (Å²) in [5, 5.41) is 0.819. The summed E-state index contributed by atoms with van der Waals surface area (Å²) < 4.78 is 12.5. The molecule has 0 bridgehead atoms. The van der Waals surface area contributed by atoms with Crippen molar-refractivity contribution in [2.45, 2.75) is 46.3 Å². The van der Waals surface area contributed by atoms with Gasteiger partial charge in [0.25, 0.3) is 0 Å². The molecule has 22 heavy (non-hydrogen) atoms. The van der Waals surface area contributed by atoms with Gasteiger partial charge in [-0.1, -0.05) is 32.0 Å². The summed E-state index contributed by atoms with van der Waals surface area (Å²) in [6.07, 6.45) is -0.507. The number of hydrogen-bond acceptors (Lipinski definition) is 4. The third kappa shape index (κ3) is 3.58. The van der Waals surface area contributed by atoms with Crippen LogP contribution in [0.1, 0.15) is 34.6 Å². The summed E-state index contributed by atoms with van der Waals surface area (Å²) in [6.45, 7) is 9.21. The van der Waals surface area contributed by atoms with Crippen LogP contribution in [0.15, 0.2) is 30.3 Å². The fourth-order valence-electron chi connectivity index (χ4n) is 2.18. The van der Waals surface area contributed by atoms with E-state index in [4.69, 9.17) is 9.26 Å². The fourth-order valence-corrected chi connectivity index (χ4v) is 4.10. The number of benzene rings is 1. The lowest BCUT2D eigenvalue weighted by molar-refractivity contribution is -0.135. The first-order chi connectivity index (χ1) is 10.2. The molecular weight excluding hydrogens is 301 g/mol. The zero-order valence-corrected chi connectivity index (χ0v) is 14.5. The predicted molar refractivity (Wildman–Crippen MR) is 85.8 cm³/mol. The monoisotopic (exact) mass is 323 g/mol.